The van der Waals surface area contributed by atoms with Gasteiger partial charge in [-0.05, 0) is 42.0 Å². The van der Waals surface area contributed by atoms with Crippen LogP contribution in [0.3, 0.4) is 0 Å². The van der Waals surface area contributed by atoms with Crippen LogP contribution in [-0.4, -0.2) is 39.1 Å². The number of benzene rings is 2. The third-order valence-corrected chi connectivity index (χ3v) is 6.77. The highest BCUT2D eigenvalue weighted by atomic mass is 16.5. The summed E-state index contributed by atoms with van der Waals surface area (Å²) in [6, 6.07) is 17.4. The molecule has 1 unspecified atom stereocenters. The molecular formula is C29H29N5O3. The monoisotopic (exact) mass is 495 g/mol. The molecule has 0 bridgehead atoms. The number of carbonyl (C=O) groups excluding carboxylic acids is 2. The van der Waals surface area contributed by atoms with Gasteiger partial charge in [0.2, 0.25) is 0 Å². The largest absolute Gasteiger partial charge is 0.383 e. The summed E-state index contributed by atoms with van der Waals surface area (Å²) < 4.78 is 7.93. The van der Waals surface area contributed by atoms with E-state index in [2.05, 4.69) is 15.4 Å². The lowest BCUT2D eigenvalue weighted by molar-refractivity contribution is 0.0272. The van der Waals surface area contributed by atoms with E-state index in [9.17, 15) is 9.59 Å². The smallest absolute Gasteiger partial charge is 0.255 e. The number of rotatable bonds is 8. The molecule has 1 amide bonds. The van der Waals surface area contributed by atoms with E-state index in [-0.39, 0.29) is 23.9 Å². The quantitative estimate of drug-likeness (QED) is 0.350. The Labute approximate surface area is 215 Å². The Hall–Kier alpha value is -4.30. The number of aryl methyl sites for hydroxylation is 1. The van der Waals surface area contributed by atoms with Gasteiger partial charge in [0.05, 0.1) is 30.5 Å². The maximum Gasteiger partial charge on any atom is 0.255 e. The molecular weight excluding hydrogens is 466 g/mol. The molecule has 8 heteroatoms. The highest BCUT2D eigenvalue weighted by Crippen LogP contribution is 2.26. The van der Waals surface area contributed by atoms with Crippen LogP contribution >= 0.6 is 0 Å². The van der Waals surface area contributed by atoms with Crippen LogP contribution in [0.5, 0.6) is 0 Å². The second-order valence-corrected chi connectivity index (χ2v) is 9.36. The molecule has 5 rings (SSSR count). The van der Waals surface area contributed by atoms with Crippen molar-refractivity contribution in [3.8, 4) is 22.3 Å². The summed E-state index contributed by atoms with van der Waals surface area (Å²) in [5.74, 6) is -0.0531. The first kappa shape index (κ1) is 24.4. The van der Waals surface area contributed by atoms with Gasteiger partial charge in [-0.25, -0.2) is 4.98 Å². The minimum absolute atomic E-state index is 0.0739. The molecule has 0 spiro atoms. The number of amides is 1. The van der Waals surface area contributed by atoms with E-state index >= 15 is 0 Å². The Morgan fingerprint density at radius 3 is 2.46 bits per heavy atom. The molecule has 0 radical (unpaired) electrons. The van der Waals surface area contributed by atoms with Crippen LogP contribution in [0, 0.1) is 0 Å². The molecule has 4 aromatic rings. The van der Waals surface area contributed by atoms with Crippen LogP contribution in [0.25, 0.3) is 22.3 Å². The van der Waals surface area contributed by atoms with E-state index in [1.165, 1.54) is 0 Å². The molecule has 0 saturated heterocycles. The fourth-order valence-corrected chi connectivity index (χ4v) is 4.67. The van der Waals surface area contributed by atoms with Crippen molar-refractivity contribution in [3.05, 3.63) is 89.9 Å². The van der Waals surface area contributed by atoms with Gasteiger partial charge >= 0.3 is 0 Å². The number of nitrogens with one attached hydrogen (secondary N) is 1. The normalized spacial score (nSPS) is 17.0. The number of aldehydes is 1. The summed E-state index contributed by atoms with van der Waals surface area (Å²) in [6.07, 6.45) is 8.73. The van der Waals surface area contributed by atoms with E-state index in [0.717, 1.165) is 53.4 Å². The van der Waals surface area contributed by atoms with Crippen molar-refractivity contribution < 1.29 is 14.3 Å². The van der Waals surface area contributed by atoms with Gasteiger partial charge in [-0.3, -0.25) is 14.3 Å². The number of carbonyl (C=O) groups is 2. The Kier molecular flexibility index (Phi) is 7.09. The van der Waals surface area contributed by atoms with E-state index in [1.54, 1.807) is 23.1 Å². The Morgan fingerprint density at radius 1 is 1.05 bits per heavy atom. The van der Waals surface area contributed by atoms with Crippen LogP contribution in [0.15, 0.2) is 73.2 Å². The highest BCUT2D eigenvalue weighted by molar-refractivity contribution is 5.99. The number of nitrogens with two attached hydrogens (primary N) is 1. The molecule has 0 aliphatic heterocycles. The van der Waals surface area contributed by atoms with Gasteiger partial charge in [-0.2, -0.15) is 5.10 Å². The maximum absolute atomic E-state index is 13.1. The molecule has 1 fully saturated rings. The molecule has 1 aliphatic rings. The molecule has 1 aliphatic carbocycles. The molecule has 1 saturated carbocycles. The first-order valence-electron chi connectivity index (χ1n) is 12.3. The molecule has 188 valence electrons. The number of aromatic nitrogens is 3. The van der Waals surface area contributed by atoms with E-state index < -0.39 is 0 Å². The van der Waals surface area contributed by atoms with Crippen molar-refractivity contribution >= 4 is 18.0 Å². The highest BCUT2D eigenvalue weighted by Gasteiger charge is 2.30. The molecule has 8 nitrogen and oxygen atoms in total. The average molecular weight is 496 g/mol. The van der Waals surface area contributed by atoms with Crippen LogP contribution in [-0.2, 0) is 18.4 Å². The van der Waals surface area contributed by atoms with Gasteiger partial charge in [0.25, 0.3) is 5.91 Å². The van der Waals surface area contributed by atoms with Crippen molar-refractivity contribution in [2.75, 3.05) is 5.73 Å². The second-order valence-electron chi connectivity index (χ2n) is 9.36. The molecule has 2 aromatic heterocycles. The fourth-order valence-electron chi connectivity index (χ4n) is 4.67. The first-order chi connectivity index (χ1) is 18.0. The lowest BCUT2D eigenvalue weighted by atomic mass is 10.0. The van der Waals surface area contributed by atoms with Crippen molar-refractivity contribution in [1.29, 1.82) is 0 Å². The topological polar surface area (TPSA) is 112 Å². The van der Waals surface area contributed by atoms with E-state index in [4.69, 9.17) is 10.5 Å². The number of pyridine rings is 1. The Balaban J connectivity index is 1.20. The zero-order chi connectivity index (χ0) is 25.8. The van der Waals surface area contributed by atoms with Crippen LogP contribution in [0.4, 0.5) is 5.82 Å². The van der Waals surface area contributed by atoms with E-state index in [0.29, 0.717) is 17.7 Å². The number of nitrogens with zero attached hydrogens (tertiary/aromatic N) is 3. The van der Waals surface area contributed by atoms with Crippen LogP contribution in [0.1, 0.15) is 45.5 Å². The third-order valence-electron chi connectivity index (χ3n) is 6.77. The third kappa shape index (κ3) is 5.59. The zero-order valence-electron chi connectivity index (χ0n) is 20.6. The predicted molar refractivity (Wildman–Crippen MR) is 142 cm³/mol. The van der Waals surface area contributed by atoms with Gasteiger partial charge in [0, 0.05) is 36.1 Å². The Morgan fingerprint density at radius 2 is 1.78 bits per heavy atom. The van der Waals surface area contributed by atoms with Gasteiger partial charge in [-0.15, -0.1) is 0 Å². The average Bonchev–Trinajstić information content (AvgIpc) is 3.56. The molecule has 3 N–H and O–H groups in total. The van der Waals surface area contributed by atoms with Crippen LogP contribution in [0.2, 0.25) is 0 Å². The van der Waals surface area contributed by atoms with Crippen molar-refractivity contribution in [3.63, 3.8) is 0 Å². The predicted octanol–water partition coefficient (Wildman–Crippen LogP) is 4.41. The zero-order valence-corrected chi connectivity index (χ0v) is 20.6. The summed E-state index contributed by atoms with van der Waals surface area (Å²) in [5.41, 5.74) is 11.9. The van der Waals surface area contributed by atoms with Gasteiger partial charge in [0.1, 0.15) is 12.1 Å². The maximum atomic E-state index is 13.1. The summed E-state index contributed by atoms with van der Waals surface area (Å²) in [4.78, 5) is 28.2. The van der Waals surface area contributed by atoms with E-state index in [1.807, 2.05) is 61.8 Å². The lowest BCUT2D eigenvalue weighted by Gasteiger charge is -2.22. The number of anilines is 1. The first-order valence-corrected chi connectivity index (χ1v) is 12.3. The molecule has 37 heavy (non-hydrogen) atoms. The minimum Gasteiger partial charge on any atom is -0.383 e. The van der Waals surface area contributed by atoms with Gasteiger partial charge in [0.15, 0.2) is 0 Å². The summed E-state index contributed by atoms with van der Waals surface area (Å²) in [6.45, 7) is 0.460. The van der Waals surface area contributed by atoms with Crippen molar-refractivity contribution in [2.45, 2.75) is 38.0 Å². The number of hydrogen-bond acceptors (Lipinski definition) is 6. The number of hydrogen-bond donors (Lipinski definition) is 2. The van der Waals surface area contributed by atoms with Gasteiger partial charge < -0.3 is 15.8 Å². The van der Waals surface area contributed by atoms with Crippen molar-refractivity contribution in [2.24, 2.45) is 7.05 Å². The van der Waals surface area contributed by atoms with Crippen LogP contribution < -0.4 is 11.1 Å². The Bertz CT molecular complexity index is 1400. The fraction of sp³-hybridized carbons (Fsp3) is 0.241. The number of ether oxygens (including phenoxy) is 1. The molecule has 2 heterocycles. The van der Waals surface area contributed by atoms with Crippen molar-refractivity contribution in [1.82, 2.24) is 20.1 Å². The van der Waals surface area contributed by atoms with Gasteiger partial charge in [-0.1, -0.05) is 48.5 Å². The molecule has 2 atom stereocenters. The number of nitrogen functional groups attached to an aromatic ring is 1. The standard InChI is InChI=1S/C29H29N5O3/c1-34-16-24(15-32-34)23-13-25(28(30)31-14-23)29(36)33-26-3-2-4-27(26)37-18-20-7-11-22(12-8-20)21-9-5-19(17-35)6-10-21/h5-17,26-27H,2-4,18H2,1H3,(H2,30,31)(H,33,36)/t26-,27?/m0/s1. The SMILES string of the molecule is Cn1cc(-c2cnc(N)c(C(=O)N[C@H]3CCCC3OCc3ccc(-c4ccc(C=O)cc4)cc3)c2)cn1. The summed E-state index contributed by atoms with van der Waals surface area (Å²) in [5, 5.41) is 7.30. The lowest BCUT2D eigenvalue weighted by Crippen LogP contribution is -2.41. The second kappa shape index (κ2) is 10.8. The summed E-state index contributed by atoms with van der Waals surface area (Å²) >= 11 is 0. The summed E-state index contributed by atoms with van der Waals surface area (Å²) in [7, 11) is 1.84. The molecule has 2 aromatic carbocycles. The minimum atomic E-state index is -0.249.